The van der Waals surface area contributed by atoms with E-state index >= 15 is 0 Å². The Kier molecular flexibility index (Phi) is 4.16. The van der Waals surface area contributed by atoms with Gasteiger partial charge in [0.15, 0.2) is 0 Å². The topological polar surface area (TPSA) is 66.8 Å². The number of rotatable bonds is 4. The van der Waals surface area contributed by atoms with Crippen LogP contribution in [-0.2, 0) is 16.0 Å². The first-order valence-electron chi connectivity index (χ1n) is 7.76. The molecule has 0 saturated carbocycles. The van der Waals surface area contributed by atoms with E-state index in [0.717, 1.165) is 44.7 Å². The van der Waals surface area contributed by atoms with Gasteiger partial charge >= 0.3 is 5.97 Å². The van der Waals surface area contributed by atoms with Gasteiger partial charge in [0, 0.05) is 31.5 Å². The lowest BCUT2D eigenvalue weighted by Gasteiger charge is -2.22. The van der Waals surface area contributed by atoms with Gasteiger partial charge < -0.3 is 14.7 Å². The number of aryl methyl sites for hydroxylation is 1. The summed E-state index contributed by atoms with van der Waals surface area (Å²) in [5, 5.41) is 8.87. The van der Waals surface area contributed by atoms with E-state index in [1.165, 1.54) is 0 Å². The monoisotopic (exact) mass is 303 g/mol. The van der Waals surface area contributed by atoms with E-state index < -0.39 is 5.97 Å². The minimum absolute atomic E-state index is 0.186. The predicted octanol–water partition coefficient (Wildman–Crippen LogP) is 1.96. The summed E-state index contributed by atoms with van der Waals surface area (Å²) in [5.74, 6) is -0.741. The SMILES string of the molecule is O=C(O)c1ccc(CCC(=O)N2CC[C@@]3(CCOC3)C2)cc1. The fraction of sp³-hybridized carbons (Fsp3) is 0.529. The lowest BCUT2D eigenvalue weighted by atomic mass is 9.87. The number of carboxylic acids is 1. The molecule has 1 aromatic carbocycles. The average molecular weight is 303 g/mol. The van der Waals surface area contributed by atoms with Crippen molar-refractivity contribution in [2.75, 3.05) is 26.3 Å². The number of likely N-dealkylation sites (tertiary alicyclic amines) is 1. The van der Waals surface area contributed by atoms with E-state index in [0.29, 0.717) is 12.8 Å². The highest BCUT2D eigenvalue weighted by Crippen LogP contribution is 2.38. The van der Waals surface area contributed by atoms with Crippen LogP contribution in [0.1, 0.15) is 35.2 Å². The Morgan fingerprint density at radius 2 is 2.00 bits per heavy atom. The summed E-state index contributed by atoms with van der Waals surface area (Å²) < 4.78 is 5.48. The van der Waals surface area contributed by atoms with Crippen LogP contribution in [0.4, 0.5) is 0 Å². The molecular formula is C17H21NO4. The van der Waals surface area contributed by atoms with Crippen LogP contribution in [0.25, 0.3) is 0 Å². The largest absolute Gasteiger partial charge is 0.478 e. The summed E-state index contributed by atoms with van der Waals surface area (Å²) in [6, 6.07) is 6.74. The second kappa shape index (κ2) is 6.08. The zero-order chi connectivity index (χ0) is 15.6. The quantitative estimate of drug-likeness (QED) is 0.923. The highest BCUT2D eigenvalue weighted by atomic mass is 16.5. The maximum absolute atomic E-state index is 12.3. The Labute approximate surface area is 129 Å². The molecule has 0 aromatic heterocycles. The molecule has 2 saturated heterocycles. The van der Waals surface area contributed by atoms with Gasteiger partial charge in [-0.15, -0.1) is 0 Å². The predicted molar refractivity (Wildman–Crippen MR) is 80.8 cm³/mol. The molecule has 1 N–H and O–H groups in total. The van der Waals surface area contributed by atoms with Crippen molar-refractivity contribution in [1.82, 2.24) is 4.90 Å². The maximum atomic E-state index is 12.3. The molecule has 1 aromatic rings. The highest BCUT2D eigenvalue weighted by Gasteiger charge is 2.42. The van der Waals surface area contributed by atoms with Crippen molar-refractivity contribution in [1.29, 1.82) is 0 Å². The van der Waals surface area contributed by atoms with Crippen LogP contribution >= 0.6 is 0 Å². The number of carboxylic acid groups (broad SMARTS) is 1. The average Bonchev–Trinajstić information content (AvgIpc) is 3.16. The smallest absolute Gasteiger partial charge is 0.335 e. The van der Waals surface area contributed by atoms with Crippen LogP contribution in [0.2, 0.25) is 0 Å². The minimum atomic E-state index is -0.927. The van der Waals surface area contributed by atoms with Crippen molar-refractivity contribution in [2.24, 2.45) is 5.41 Å². The van der Waals surface area contributed by atoms with Crippen molar-refractivity contribution >= 4 is 11.9 Å². The first-order valence-corrected chi connectivity index (χ1v) is 7.76. The van der Waals surface area contributed by atoms with E-state index in [-0.39, 0.29) is 16.9 Å². The van der Waals surface area contributed by atoms with Crippen LogP contribution < -0.4 is 0 Å². The number of ether oxygens (including phenoxy) is 1. The first-order chi connectivity index (χ1) is 10.6. The van der Waals surface area contributed by atoms with Gasteiger partial charge in [0.1, 0.15) is 0 Å². The summed E-state index contributed by atoms with van der Waals surface area (Å²) >= 11 is 0. The Balaban J connectivity index is 1.51. The Bertz CT molecular complexity index is 561. The molecule has 118 valence electrons. The van der Waals surface area contributed by atoms with Gasteiger partial charge in [0.25, 0.3) is 0 Å². The standard InChI is InChI=1S/C17H21NO4/c19-15(18-9-7-17(11-18)8-10-22-12-17)6-3-13-1-4-14(5-2-13)16(20)21/h1-2,4-5H,3,6-12H2,(H,20,21)/t17-/m1/s1. The van der Waals surface area contributed by atoms with E-state index in [2.05, 4.69) is 0 Å². The molecule has 2 aliphatic rings. The molecule has 0 unspecified atom stereocenters. The zero-order valence-corrected chi connectivity index (χ0v) is 12.6. The molecule has 2 aliphatic heterocycles. The van der Waals surface area contributed by atoms with Gasteiger partial charge in [-0.3, -0.25) is 4.79 Å². The van der Waals surface area contributed by atoms with Gasteiger partial charge in [0.05, 0.1) is 12.2 Å². The van der Waals surface area contributed by atoms with Gasteiger partial charge in [-0.25, -0.2) is 4.79 Å². The molecule has 2 heterocycles. The molecule has 22 heavy (non-hydrogen) atoms. The second-order valence-corrected chi connectivity index (χ2v) is 6.37. The molecule has 3 rings (SSSR count). The molecule has 0 bridgehead atoms. The molecule has 0 radical (unpaired) electrons. The maximum Gasteiger partial charge on any atom is 0.335 e. The number of hydrogen-bond acceptors (Lipinski definition) is 3. The molecule has 5 nitrogen and oxygen atoms in total. The van der Waals surface area contributed by atoms with Crippen LogP contribution in [0, 0.1) is 5.41 Å². The first kappa shape index (κ1) is 15.0. The van der Waals surface area contributed by atoms with E-state index in [1.807, 2.05) is 4.90 Å². The fourth-order valence-electron chi connectivity index (χ4n) is 3.34. The third-order valence-electron chi connectivity index (χ3n) is 4.80. The summed E-state index contributed by atoms with van der Waals surface area (Å²) in [7, 11) is 0. The third-order valence-corrected chi connectivity index (χ3v) is 4.80. The van der Waals surface area contributed by atoms with Crippen molar-refractivity contribution in [3.05, 3.63) is 35.4 Å². The lowest BCUT2D eigenvalue weighted by molar-refractivity contribution is -0.130. The number of amides is 1. The molecule has 1 spiro atoms. The Morgan fingerprint density at radius 1 is 1.23 bits per heavy atom. The van der Waals surface area contributed by atoms with Crippen LogP contribution in [0.3, 0.4) is 0 Å². The van der Waals surface area contributed by atoms with Crippen molar-refractivity contribution in [3.63, 3.8) is 0 Å². The number of aromatic carboxylic acids is 1. The normalized spacial score (nSPS) is 24.1. The molecular weight excluding hydrogens is 282 g/mol. The second-order valence-electron chi connectivity index (χ2n) is 6.37. The minimum Gasteiger partial charge on any atom is -0.478 e. The van der Waals surface area contributed by atoms with Crippen molar-refractivity contribution in [3.8, 4) is 0 Å². The molecule has 1 amide bonds. The number of carbonyl (C=O) groups excluding carboxylic acids is 1. The van der Waals surface area contributed by atoms with Crippen LogP contribution in [0.15, 0.2) is 24.3 Å². The fourth-order valence-corrected chi connectivity index (χ4v) is 3.34. The number of carbonyl (C=O) groups is 2. The molecule has 1 atom stereocenters. The van der Waals surface area contributed by atoms with Gasteiger partial charge in [-0.05, 0) is 37.0 Å². The van der Waals surface area contributed by atoms with Gasteiger partial charge in [-0.2, -0.15) is 0 Å². The summed E-state index contributed by atoms with van der Waals surface area (Å²) in [6.45, 7) is 3.26. The van der Waals surface area contributed by atoms with Crippen molar-refractivity contribution in [2.45, 2.75) is 25.7 Å². The van der Waals surface area contributed by atoms with Gasteiger partial charge in [-0.1, -0.05) is 12.1 Å². The van der Waals surface area contributed by atoms with E-state index in [1.54, 1.807) is 24.3 Å². The van der Waals surface area contributed by atoms with Gasteiger partial charge in [0.2, 0.25) is 5.91 Å². The van der Waals surface area contributed by atoms with Crippen LogP contribution in [0.5, 0.6) is 0 Å². The number of nitrogens with zero attached hydrogens (tertiary/aromatic N) is 1. The number of hydrogen-bond donors (Lipinski definition) is 1. The highest BCUT2D eigenvalue weighted by molar-refractivity contribution is 5.87. The number of benzene rings is 1. The third kappa shape index (κ3) is 3.14. The summed E-state index contributed by atoms with van der Waals surface area (Å²) in [5.41, 5.74) is 1.48. The Morgan fingerprint density at radius 3 is 2.64 bits per heavy atom. The molecule has 0 aliphatic carbocycles. The van der Waals surface area contributed by atoms with E-state index in [9.17, 15) is 9.59 Å². The summed E-state index contributed by atoms with van der Waals surface area (Å²) in [6.07, 6.45) is 3.24. The Hall–Kier alpha value is -1.88. The molecule has 2 fully saturated rings. The molecule has 5 heteroatoms. The zero-order valence-electron chi connectivity index (χ0n) is 12.6. The lowest BCUT2D eigenvalue weighted by Crippen LogP contribution is -2.32. The summed E-state index contributed by atoms with van der Waals surface area (Å²) in [4.78, 5) is 25.1. The van der Waals surface area contributed by atoms with E-state index in [4.69, 9.17) is 9.84 Å². The van der Waals surface area contributed by atoms with Crippen LogP contribution in [-0.4, -0.2) is 48.2 Å². The van der Waals surface area contributed by atoms with Crippen molar-refractivity contribution < 1.29 is 19.4 Å².